The third kappa shape index (κ3) is 4.88. The monoisotopic (exact) mass is 364 g/mol. The van der Waals surface area contributed by atoms with Gasteiger partial charge in [-0.2, -0.15) is 0 Å². The number of anilines is 2. The predicted octanol–water partition coefficient (Wildman–Crippen LogP) is 4.41. The van der Waals surface area contributed by atoms with E-state index in [9.17, 15) is 9.18 Å². The first-order valence-electron chi connectivity index (χ1n) is 8.74. The Morgan fingerprint density at radius 3 is 2.44 bits per heavy atom. The third-order valence-electron chi connectivity index (χ3n) is 4.06. The number of nitrogens with one attached hydrogen (secondary N) is 1. The van der Waals surface area contributed by atoms with Gasteiger partial charge in [-0.1, -0.05) is 36.4 Å². The summed E-state index contributed by atoms with van der Waals surface area (Å²) in [4.78, 5) is 14.6. The first-order valence-corrected chi connectivity index (χ1v) is 8.74. The summed E-state index contributed by atoms with van der Waals surface area (Å²) in [7, 11) is 0. The van der Waals surface area contributed by atoms with Gasteiger partial charge >= 0.3 is 0 Å². The van der Waals surface area contributed by atoms with Crippen molar-refractivity contribution >= 4 is 17.4 Å². The van der Waals surface area contributed by atoms with Crippen LogP contribution in [-0.4, -0.2) is 27.0 Å². The number of aromatic nitrogens is 2. The Morgan fingerprint density at radius 1 is 1.04 bits per heavy atom. The molecule has 1 amide bonds. The van der Waals surface area contributed by atoms with E-state index in [1.54, 1.807) is 29.2 Å². The van der Waals surface area contributed by atoms with E-state index in [4.69, 9.17) is 0 Å². The van der Waals surface area contributed by atoms with E-state index in [1.165, 1.54) is 12.1 Å². The summed E-state index contributed by atoms with van der Waals surface area (Å²) >= 11 is 0. The molecule has 2 aromatic carbocycles. The fraction of sp³-hybridized carbons (Fsp3) is 0.190. The lowest BCUT2D eigenvalue weighted by Gasteiger charge is -2.26. The van der Waals surface area contributed by atoms with Crippen LogP contribution in [0.5, 0.6) is 0 Å². The number of nitrogens with zero attached hydrogens (tertiary/aromatic N) is 3. The smallest absolute Gasteiger partial charge is 0.274 e. The van der Waals surface area contributed by atoms with Gasteiger partial charge in [0.05, 0.1) is 0 Å². The average molecular weight is 364 g/mol. The molecule has 0 unspecified atom stereocenters. The first kappa shape index (κ1) is 18.5. The topological polar surface area (TPSA) is 58.1 Å². The molecule has 1 heterocycles. The summed E-state index contributed by atoms with van der Waals surface area (Å²) in [6.07, 6.45) is 0. The van der Waals surface area contributed by atoms with Crippen LogP contribution in [0.15, 0.2) is 66.7 Å². The predicted molar refractivity (Wildman–Crippen MR) is 103 cm³/mol. The van der Waals surface area contributed by atoms with Crippen LogP contribution in [0.3, 0.4) is 0 Å². The van der Waals surface area contributed by atoms with Crippen LogP contribution in [-0.2, 0) is 6.54 Å². The number of hydrogen-bond donors (Lipinski definition) is 1. The van der Waals surface area contributed by atoms with Gasteiger partial charge in [-0.3, -0.25) is 4.79 Å². The SMILES string of the molecule is CC(C)N(Cc1ccccc1)C(=O)c1ccc(Nc2cccc(F)c2)nn1. The van der Waals surface area contributed by atoms with E-state index < -0.39 is 0 Å². The molecule has 0 saturated carbocycles. The van der Waals surface area contributed by atoms with Gasteiger partial charge in [-0.05, 0) is 49.7 Å². The standard InChI is InChI=1S/C21H21FN4O/c1-15(2)26(14-16-7-4-3-5-8-16)21(27)19-11-12-20(25-24-19)23-18-10-6-9-17(22)13-18/h3-13,15H,14H2,1-2H3,(H,23,25). The Labute approximate surface area is 157 Å². The molecule has 0 aliphatic heterocycles. The molecule has 6 heteroatoms. The molecule has 0 aliphatic rings. The van der Waals surface area contributed by atoms with Crippen LogP contribution < -0.4 is 5.32 Å². The number of hydrogen-bond acceptors (Lipinski definition) is 4. The Hall–Kier alpha value is -3.28. The molecule has 0 saturated heterocycles. The molecule has 0 aliphatic carbocycles. The molecule has 5 nitrogen and oxygen atoms in total. The Bertz CT molecular complexity index is 898. The first-order chi connectivity index (χ1) is 13.0. The summed E-state index contributed by atoms with van der Waals surface area (Å²) in [5, 5.41) is 11.1. The third-order valence-corrected chi connectivity index (χ3v) is 4.06. The maximum atomic E-state index is 13.3. The number of carbonyl (C=O) groups is 1. The van der Waals surface area contributed by atoms with Crippen LogP contribution in [0.2, 0.25) is 0 Å². The van der Waals surface area contributed by atoms with Gasteiger partial charge in [0.2, 0.25) is 0 Å². The molecule has 3 aromatic rings. The lowest BCUT2D eigenvalue weighted by atomic mass is 10.1. The second-order valence-electron chi connectivity index (χ2n) is 6.45. The van der Waals surface area contributed by atoms with E-state index in [-0.39, 0.29) is 23.5 Å². The molecule has 0 atom stereocenters. The van der Waals surface area contributed by atoms with Crippen molar-refractivity contribution < 1.29 is 9.18 Å². The normalized spacial score (nSPS) is 10.7. The highest BCUT2D eigenvalue weighted by Gasteiger charge is 2.20. The lowest BCUT2D eigenvalue weighted by Crippen LogP contribution is -2.37. The number of benzene rings is 2. The van der Waals surface area contributed by atoms with Gasteiger partial charge in [-0.25, -0.2) is 4.39 Å². The van der Waals surface area contributed by atoms with Crippen LogP contribution >= 0.6 is 0 Å². The van der Waals surface area contributed by atoms with Crippen molar-refractivity contribution in [2.45, 2.75) is 26.4 Å². The summed E-state index contributed by atoms with van der Waals surface area (Å²) < 4.78 is 13.3. The molecule has 0 spiro atoms. The molecule has 3 rings (SSSR count). The van der Waals surface area contributed by atoms with Crippen LogP contribution in [0, 0.1) is 5.82 Å². The fourth-order valence-corrected chi connectivity index (χ4v) is 2.64. The minimum atomic E-state index is -0.340. The molecule has 0 fully saturated rings. The van der Waals surface area contributed by atoms with E-state index in [0.29, 0.717) is 18.1 Å². The molecule has 0 radical (unpaired) electrons. The van der Waals surface area contributed by atoms with Crippen LogP contribution in [0.25, 0.3) is 0 Å². The van der Waals surface area contributed by atoms with Gasteiger partial charge in [0.25, 0.3) is 5.91 Å². The molecule has 1 aromatic heterocycles. The van der Waals surface area contributed by atoms with E-state index >= 15 is 0 Å². The summed E-state index contributed by atoms with van der Waals surface area (Å²) in [6, 6.07) is 19.2. The van der Waals surface area contributed by atoms with Crippen molar-refractivity contribution in [1.82, 2.24) is 15.1 Å². The number of amides is 1. The quantitative estimate of drug-likeness (QED) is 0.704. The zero-order chi connectivity index (χ0) is 19.2. The van der Waals surface area contributed by atoms with E-state index in [0.717, 1.165) is 5.56 Å². The van der Waals surface area contributed by atoms with Crippen molar-refractivity contribution in [1.29, 1.82) is 0 Å². The van der Waals surface area contributed by atoms with Crippen molar-refractivity contribution in [3.8, 4) is 0 Å². The highest BCUT2D eigenvalue weighted by molar-refractivity contribution is 5.92. The van der Waals surface area contributed by atoms with Crippen molar-refractivity contribution in [3.05, 3.63) is 83.8 Å². The number of carbonyl (C=O) groups excluding carboxylic acids is 1. The van der Waals surface area contributed by atoms with E-state index in [2.05, 4.69) is 15.5 Å². The van der Waals surface area contributed by atoms with Gasteiger partial charge in [0.15, 0.2) is 11.5 Å². The Balaban J connectivity index is 1.73. The van der Waals surface area contributed by atoms with Crippen LogP contribution in [0.4, 0.5) is 15.9 Å². The highest BCUT2D eigenvalue weighted by Crippen LogP contribution is 2.16. The van der Waals surface area contributed by atoms with E-state index in [1.807, 2.05) is 44.2 Å². The molecule has 138 valence electrons. The summed E-state index contributed by atoms with van der Waals surface area (Å²) in [5.41, 5.74) is 1.89. The second kappa shape index (κ2) is 8.40. The number of halogens is 1. The van der Waals surface area contributed by atoms with Gasteiger partial charge < -0.3 is 10.2 Å². The summed E-state index contributed by atoms with van der Waals surface area (Å²) in [5.74, 6) is -0.0804. The van der Waals surface area contributed by atoms with Crippen molar-refractivity contribution in [3.63, 3.8) is 0 Å². The van der Waals surface area contributed by atoms with Gasteiger partial charge in [0, 0.05) is 18.3 Å². The van der Waals surface area contributed by atoms with Gasteiger partial charge in [0.1, 0.15) is 5.82 Å². The zero-order valence-electron chi connectivity index (χ0n) is 15.3. The largest absolute Gasteiger partial charge is 0.339 e. The van der Waals surface area contributed by atoms with Gasteiger partial charge in [-0.15, -0.1) is 10.2 Å². The Kier molecular flexibility index (Phi) is 5.76. The fourth-order valence-electron chi connectivity index (χ4n) is 2.64. The van der Waals surface area contributed by atoms with Crippen LogP contribution in [0.1, 0.15) is 29.9 Å². The van der Waals surface area contributed by atoms with Crippen molar-refractivity contribution in [2.24, 2.45) is 0 Å². The molecule has 27 heavy (non-hydrogen) atoms. The average Bonchev–Trinajstić information content (AvgIpc) is 2.67. The summed E-state index contributed by atoms with van der Waals surface area (Å²) in [6.45, 7) is 4.44. The minimum Gasteiger partial charge on any atom is -0.339 e. The Morgan fingerprint density at radius 2 is 1.81 bits per heavy atom. The van der Waals surface area contributed by atoms with Crippen molar-refractivity contribution in [2.75, 3.05) is 5.32 Å². The highest BCUT2D eigenvalue weighted by atomic mass is 19.1. The maximum Gasteiger partial charge on any atom is 0.274 e. The second-order valence-corrected chi connectivity index (χ2v) is 6.45. The molecule has 1 N–H and O–H groups in total. The zero-order valence-corrected chi connectivity index (χ0v) is 15.3. The lowest BCUT2D eigenvalue weighted by molar-refractivity contribution is 0.0683. The minimum absolute atomic E-state index is 0.0181. The molecular weight excluding hydrogens is 343 g/mol. The number of rotatable bonds is 6. The molecule has 0 bridgehead atoms. The molecular formula is C21H21FN4O. The maximum absolute atomic E-state index is 13.3.